The third-order valence-electron chi connectivity index (χ3n) is 2.73. The number of para-hydroxylation sites is 1. The molecule has 0 bridgehead atoms. The Morgan fingerprint density at radius 1 is 1.20 bits per heavy atom. The molecule has 3 N–H and O–H groups in total. The lowest BCUT2D eigenvalue weighted by Crippen LogP contribution is -2.15. The number of rotatable bonds is 3. The fourth-order valence-corrected chi connectivity index (χ4v) is 1.71. The van der Waals surface area contributed by atoms with Crippen LogP contribution in [0.4, 0.5) is 20.2 Å². The quantitative estimate of drug-likeness (QED) is 0.848. The van der Waals surface area contributed by atoms with E-state index in [1.165, 1.54) is 25.3 Å². The van der Waals surface area contributed by atoms with Crippen molar-refractivity contribution in [3.05, 3.63) is 53.6 Å². The molecule has 0 atom stereocenters. The molecule has 2 aromatic carbocycles. The van der Waals surface area contributed by atoms with Gasteiger partial charge < -0.3 is 15.8 Å². The second-order valence-electron chi connectivity index (χ2n) is 3.98. The van der Waals surface area contributed by atoms with E-state index in [2.05, 4.69) is 5.32 Å². The van der Waals surface area contributed by atoms with Gasteiger partial charge in [-0.1, -0.05) is 12.1 Å². The molecule has 0 aromatic heterocycles. The molecule has 0 spiro atoms. The van der Waals surface area contributed by atoms with E-state index in [1.807, 2.05) is 0 Å². The molecule has 0 unspecified atom stereocenters. The number of nitrogens with one attached hydrogen (secondary N) is 1. The molecular formula is C14H12F2N2O2. The standard InChI is InChI=1S/C14H12F2N2O2/c1-20-11-7-2-4-8(13(11)17)14(19)18-10-6-3-5-9(15)12(10)16/h2-7H,17H2,1H3,(H,18,19). The van der Waals surface area contributed by atoms with Crippen LogP contribution in [-0.2, 0) is 0 Å². The summed E-state index contributed by atoms with van der Waals surface area (Å²) in [4.78, 5) is 12.0. The van der Waals surface area contributed by atoms with E-state index < -0.39 is 17.5 Å². The lowest BCUT2D eigenvalue weighted by Gasteiger charge is -2.11. The Balaban J connectivity index is 2.31. The van der Waals surface area contributed by atoms with Crippen molar-refractivity contribution in [3.8, 4) is 5.75 Å². The van der Waals surface area contributed by atoms with Crippen molar-refractivity contribution in [2.75, 3.05) is 18.2 Å². The van der Waals surface area contributed by atoms with E-state index in [0.717, 1.165) is 6.07 Å². The molecule has 0 heterocycles. The Kier molecular flexibility index (Phi) is 3.84. The minimum absolute atomic E-state index is 0.119. The Labute approximate surface area is 114 Å². The van der Waals surface area contributed by atoms with Crippen LogP contribution in [0.15, 0.2) is 36.4 Å². The third kappa shape index (κ3) is 2.54. The number of carbonyl (C=O) groups is 1. The molecule has 104 valence electrons. The van der Waals surface area contributed by atoms with E-state index in [1.54, 1.807) is 12.1 Å². The number of nitrogen functional groups attached to an aromatic ring is 1. The summed E-state index contributed by atoms with van der Waals surface area (Å²) in [6.45, 7) is 0. The predicted molar refractivity (Wildman–Crippen MR) is 71.7 cm³/mol. The fraction of sp³-hybridized carbons (Fsp3) is 0.0714. The van der Waals surface area contributed by atoms with Crippen molar-refractivity contribution < 1.29 is 18.3 Å². The van der Waals surface area contributed by atoms with Gasteiger partial charge in [-0.2, -0.15) is 0 Å². The molecule has 0 aliphatic rings. The molecule has 0 fully saturated rings. The van der Waals surface area contributed by atoms with Crippen molar-refractivity contribution in [3.63, 3.8) is 0 Å². The number of anilines is 2. The summed E-state index contributed by atoms with van der Waals surface area (Å²) in [7, 11) is 1.42. The molecule has 0 aliphatic heterocycles. The van der Waals surface area contributed by atoms with Crippen molar-refractivity contribution in [1.29, 1.82) is 0 Å². The monoisotopic (exact) mass is 278 g/mol. The van der Waals surface area contributed by atoms with Crippen LogP contribution < -0.4 is 15.8 Å². The van der Waals surface area contributed by atoms with Gasteiger partial charge in [0.2, 0.25) is 0 Å². The highest BCUT2D eigenvalue weighted by molar-refractivity contribution is 6.08. The summed E-state index contributed by atoms with van der Waals surface area (Å²) < 4.78 is 31.5. The first kappa shape index (κ1) is 13.8. The minimum atomic E-state index is -1.12. The highest BCUT2D eigenvalue weighted by Gasteiger charge is 2.16. The van der Waals surface area contributed by atoms with Crippen LogP contribution in [0.1, 0.15) is 10.4 Å². The number of halogens is 2. The van der Waals surface area contributed by atoms with Crippen LogP contribution in [0.2, 0.25) is 0 Å². The van der Waals surface area contributed by atoms with Gasteiger partial charge in [0.1, 0.15) is 5.75 Å². The van der Waals surface area contributed by atoms with Crippen LogP contribution in [0, 0.1) is 11.6 Å². The van der Waals surface area contributed by atoms with Gasteiger partial charge in [0.15, 0.2) is 11.6 Å². The zero-order valence-corrected chi connectivity index (χ0v) is 10.6. The normalized spacial score (nSPS) is 10.2. The summed E-state index contributed by atoms with van der Waals surface area (Å²) in [6, 6.07) is 8.14. The number of hydrogen-bond acceptors (Lipinski definition) is 3. The Morgan fingerprint density at radius 2 is 1.90 bits per heavy atom. The maximum absolute atomic E-state index is 13.5. The number of ether oxygens (including phenoxy) is 1. The zero-order valence-electron chi connectivity index (χ0n) is 10.6. The average molecular weight is 278 g/mol. The number of methoxy groups -OCH3 is 1. The highest BCUT2D eigenvalue weighted by atomic mass is 19.2. The number of amides is 1. The third-order valence-corrected chi connectivity index (χ3v) is 2.73. The molecule has 6 heteroatoms. The molecule has 20 heavy (non-hydrogen) atoms. The van der Waals surface area contributed by atoms with Gasteiger partial charge in [0.05, 0.1) is 24.0 Å². The van der Waals surface area contributed by atoms with Crippen molar-refractivity contribution in [2.45, 2.75) is 0 Å². The molecule has 2 rings (SSSR count). The lowest BCUT2D eigenvalue weighted by atomic mass is 10.1. The summed E-state index contributed by atoms with van der Waals surface area (Å²) in [6.07, 6.45) is 0. The Bertz CT molecular complexity index is 660. The van der Waals surface area contributed by atoms with E-state index in [-0.39, 0.29) is 16.9 Å². The fourth-order valence-electron chi connectivity index (χ4n) is 1.71. The van der Waals surface area contributed by atoms with Crippen LogP contribution in [0.25, 0.3) is 0 Å². The van der Waals surface area contributed by atoms with Gasteiger partial charge in [-0.05, 0) is 24.3 Å². The summed E-state index contributed by atoms with van der Waals surface area (Å²) in [5.74, 6) is -2.48. The SMILES string of the molecule is COc1cccc(C(=O)Nc2cccc(F)c2F)c1N. The first-order chi connectivity index (χ1) is 9.54. The molecule has 0 radical (unpaired) electrons. The largest absolute Gasteiger partial charge is 0.495 e. The van der Waals surface area contributed by atoms with Gasteiger partial charge in [-0.25, -0.2) is 8.78 Å². The van der Waals surface area contributed by atoms with Crippen LogP contribution >= 0.6 is 0 Å². The topological polar surface area (TPSA) is 64.3 Å². The molecule has 4 nitrogen and oxygen atoms in total. The molecule has 0 saturated heterocycles. The van der Waals surface area contributed by atoms with Crippen molar-refractivity contribution >= 4 is 17.3 Å². The second kappa shape index (κ2) is 5.56. The minimum Gasteiger partial charge on any atom is -0.495 e. The maximum atomic E-state index is 13.5. The lowest BCUT2D eigenvalue weighted by molar-refractivity contribution is 0.102. The molecule has 0 aliphatic carbocycles. The molecular weight excluding hydrogens is 266 g/mol. The smallest absolute Gasteiger partial charge is 0.257 e. The van der Waals surface area contributed by atoms with Gasteiger partial charge in [-0.3, -0.25) is 4.79 Å². The van der Waals surface area contributed by atoms with E-state index >= 15 is 0 Å². The van der Waals surface area contributed by atoms with Crippen LogP contribution in [0.3, 0.4) is 0 Å². The number of benzene rings is 2. The first-order valence-electron chi connectivity index (χ1n) is 5.72. The summed E-state index contributed by atoms with van der Waals surface area (Å²) >= 11 is 0. The predicted octanol–water partition coefficient (Wildman–Crippen LogP) is 2.81. The highest BCUT2D eigenvalue weighted by Crippen LogP contribution is 2.26. The van der Waals surface area contributed by atoms with Crippen molar-refractivity contribution in [2.24, 2.45) is 0 Å². The number of carbonyl (C=O) groups excluding carboxylic acids is 1. The average Bonchev–Trinajstić information content (AvgIpc) is 2.44. The number of hydrogen-bond donors (Lipinski definition) is 2. The van der Waals surface area contributed by atoms with Gasteiger partial charge >= 0.3 is 0 Å². The van der Waals surface area contributed by atoms with Crippen molar-refractivity contribution in [1.82, 2.24) is 0 Å². The van der Waals surface area contributed by atoms with Gasteiger partial charge in [-0.15, -0.1) is 0 Å². The molecule has 0 saturated carbocycles. The molecule has 2 aromatic rings. The summed E-state index contributed by atoms with van der Waals surface area (Å²) in [5.41, 5.74) is 5.76. The number of nitrogens with two attached hydrogens (primary N) is 1. The van der Waals surface area contributed by atoms with E-state index in [0.29, 0.717) is 5.75 Å². The first-order valence-corrected chi connectivity index (χ1v) is 5.72. The van der Waals surface area contributed by atoms with E-state index in [9.17, 15) is 13.6 Å². The van der Waals surface area contributed by atoms with Crippen LogP contribution in [0.5, 0.6) is 5.75 Å². The Morgan fingerprint density at radius 3 is 2.60 bits per heavy atom. The maximum Gasteiger partial charge on any atom is 0.257 e. The second-order valence-corrected chi connectivity index (χ2v) is 3.98. The summed E-state index contributed by atoms with van der Waals surface area (Å²) in [5, 5.41) is 2.27. The van der Waals surface area contributed by atoms with Crippen LogP contribution in [-0.4, -0.2) is 13.0 Å². The Hall–Kier alpha value is -2.63. The van der Waals surface area contributed by atoms with E-state index in [4.69, 9.17) is 10.5 Å². The zero-order chi connectivity index (χ0) is 14.7. The van der Waals surface area contributed by atoms with Gasteiger partial charge in [0.25, 0.3) is 5.91 Å². The van der Waals surface area contributed by atoms with Gasteiger partial charge in [0, 0.05) is 0 Å². The molecule has 1 amide bonds.